The number of anilines is 2. The third kappa shape index (κ3) is 7.36. The van der Waals surface area contributed by atoms with Crippen molar-refractivity contribution in [1.29, 1.82) is 0 Å². The van der Waals surface area contributed by atoms with Gasteiger partial charge in [0.25, 0.3) is 0 Å². The van der Waals surface area contributed by atoms with Crippen LogP contribution in [0.15, 0.2) is 72.0 Å². The zero-order chi connectivity index (χ0) is 24.5. The lowest BCUT2D eigenvalue weighted by Crippen LogP contribution is -2.12. The number of ether oxygens (including phenoxy) is 1. The quantitative estimate of drug-likeness (QED) is 0.254. The highest BCUT2D eigenvalue weighted by atomic mass is 35.5. The lowest BCUT2D eigenvalue weighted by atomic mass is 10.1. The van der Waals surface area contributed by atoms with Gasteiger partial charge in [0.15, 0.2) is 0 Å². The summed E-state index contributed by atoms with van der Waals surface area (Å²) in [6.07, 6.45) is 4.60. The summed E-state index contributed by atoms with van der Waals surface area (Å²) in [6.45, 7) is 2.32. The van der Waals surface area contributed by atoms with Crippen LogP contribution in [-0.4, -0.2) is 47.1 Å². The maximum atomic E-state index is 13.9. The van der Waals surface area contributed by atoms with Gasteiger partial charge in [-0.2, -0.15) is 10.1 Å². The molecule has 1 amide bonds. The molecule has 0 bridgehead atoms. The normalized spacial score (nSPS) is 11.6. The van der Waals surface area contributed by atoms with Crippen LogP contribution >= 0.6 is 11.6 Å². The minimum atomic E-state index is -0.383. The molecule has 3 rings (SSSR count). The van der Waals surface area contributed by atoms with Gasteiger partial charge in [-0.05, 0) is 39.2 Å². The van der Waals surface area contributed by atoms with E-state index in [1.807, 2.05) is 19.0 Å². The van der Waals surface area contributed by atoms with Gasteiger partial charge in [0.05, 0.1) is 11.9 Å². The molecular formula is C24H24ClFN6O2. The molecule has 8 nitrogen and oxygen atoms in total. The van der Waals surface area contributed by atoms with Crippen LogP contribution in [0.2, 0.25) is 5.02 Å². The van der Waals surface area contributed by atoms with Crippen molar-refractivity contribution >= 4 is 34.9 Å². The van der Waals surface area contributed by atoms with E-state index in [1.54, 1.807) is 55.5 Å². The predicted octanol–water partition coefficient (Wildman–Crippen LogP) is 4.95. The zero-order valence-electron chi connectivity index (χ0n) is 18.9. The first-order chi connectivity index (χ1) is 16.3. The number of hydrazone groups is 1. The van der Waals surface area contributed by atoms with Crippen molar-refractivity contribution in [2.75, 3.05) is 31.4 Å². The number of halogens is 2. The highest BCUT2D eigenvalue weighted by Crippen LogP contribution is 2.29. The van der Waals surface area contributed by atoms with Gasteiger partial charge in [-0.3, -0.25) is 4.79 Å². The van der Waals surface area contributed by atoms with Gasteiger partial charge in [-0.25, -0.2) is 14.8 Å². The van der Waals surface area contributed by atoms with Gasteiger partial charge >= 0.3 is 0 Å². The van der Waals surface area contributed by atoms with Crippen molar-refractivity contribution in [3.05, 3.63) is 83.3 Å². The summed E-state index contributed by atoms with van der Waals surface area (Å²) in [5, 5.41) is 7.08. The fourth-order valence-corrected chi connectivity index (χ4v) is 2.86. The van der Waals surface area contributed by atoms with Crippen molar-refractivity contribution in [3.63, 3.8) is 0 Å². The van der Waals surface area contributed by atoms with Gasteiger partial charge in [0.2, 0.25) is 17.7 Å². The standard InChI is InChI=1S/C24H24ClFN6O2/c1-16(19-10-4-5-11-21(19)26)30-31-24-27-15-20(25)23(29-24)34-18-9-6-8-17(14-18)28-22(33)12-7-13-32(2)3/h4-12,14-15H,13H2,1-3H3,(H,28,33)(H,27,29,31)/b12-7+,30-16+. The van der Waals surface area contributed by atoms with Crippen LogP contribution in [-0.2, 0) is 4.79 Å². The minimum Gasteiger partial charge on any atom is -0.437 e. The molecule has 3 aromatic rings. The Labute approximate surface area is 202 Å². The predicted molar refractivity (Wildman–Crippen MR) is 132 cm³/mol. The summed E-state index contributed by atoms with van der Waals surface area (Å²) in [6, 6.07) is 13.1. The molecule has 0 unspecified atom stereocenters. The fourth-order valence-electron chi connectivity index (χ4n) is 2.73. The monoisotopic (exact) mass is 482 g/mol. The highest BCUT2D eigenvalue weighted by molar-refractivity contribution is 6.31. The first-order valence-electron chi connectivity index (χ1n) is 10.3. The Morgan fingerprint density at radius 2 is 2.03 bits per heavy atom. The van der Waals surface area contributed by atoms with E-state index in [1.165, 1.54) is 18.3 Å². The lowest BCUT2D eigenvalue weighted by molar-refractivity contribution is -0.111. The number of benzene rings is 2. The molecule has 0 spiro atoms. The second-order valence-electron chi connectivity index (χ2n) is 7.42. The largest absolute Gasteiger partial charge is 0.437 e. The van der Waals surface area contributed by atoms with Crippen molar-refractivity contribution in [3.8, 4) is 11.6 Å². The second kappa shape index (κ2) is 11.9. The molecule has 0 radical (unpaired) electrons. The third-order valence-electron chi connectivity index (χ3n) is 4.36. The number of rotatable bonds is 9. The maximum absolute atomic E-state index is 13.9. The summed E-state index contributed by atoms with van der Waals surface area (Å²) < 4.78 is 19.7. The Kier molecular flexibility index (Phi) is 8.66. The lowest BCUT2D eigenvalue weighted by Gasteiger charge is -2.10. The number of carbonyl (C=O) groups is 1. The van der Waals surface area contributed by atoms with Crippen molar-refractivity contribution in [1.82, 2.24) is 14.9 Å². The van der Waals surface area contributed by atoms with Crippen molar-refractivity contribution in [2.45, 2.75) is 6.92 Å². The summed E-state index contributed by atoms with van der Waals surface area (Å²) >= 11 is 6.19. The van der Waals surface area contributed by atoms with E-state index in [0.717, 1.165) is 0 Å². The number of amides is 1. The first-order valence-corrected chi connectivity index (χ1v) is 10.7. The molecule has 10 heteroatoms. The average molecular weight is 483 g/mol. The number of nitrogens with zero attached hydrogens (tertiary/aromatic N) is 4. The maximum Gasteiger partial charge on any atom is 0.248 e. The summed E-state index contributed by atoms with van der Waals surface area (Å²) in [5.74, 6) is -0.0223. The van der Waals surface area contributed by atoms with Gasteiger partial charge in [0, 0.05) is 29.9 Å². The van der Waals surface area contributed by atoms with Gasteiger partial charge in [-0.15, -0.1) is 0 Å². The van der Waals surface area contributed by atoms with Crippen molar-refractivity contribution < 1.29 is 13.9 Å². The van der Waals surface area contributed by atoms with E-state index in [0.29, 0.717) is 29.3 Å². The van der Waals surface area contributed by atoms with E-state index in [-0.39, 0.29) is 28.6 Å². The Bertz CT molecular complexity index is 1220. The molecule has 0 atom stereocenters. The van der Waals surface area contributed by atoms with Crippen LogP contribution in [0.3, 0.4) is 0 Å². The molecule has 0 fully saturated rings. The topological polar surface area (TPSA) is 91.7 Å². The Morgan fingerprint density at radius 3 is 2.79 bits per heavy atom. The average Bonchev–Trinajstić information content (AvgIpc) is 2.79. The Morgan fingerprint density at radius 1 is 1.24 bits per heavy atom. The number of aromatic nitrogens is 2. The molecule has 0 aliphatic rings. The second-order valence-corrected chi connectivity index (χ2v) is 7.83. The van der Waals surface area contributed by atoms with Crippen LogP contribution in [0.4, 0.5) is 16.0 Å². The Hall–Kier alpha value is -3.82. The summed E-state index contributed by atoms with van der Waals surface area (Å²) in [7, 11) is 3.83. The molecule has 0 saturated carbocycles. The molecule has 0 aliphatic heterocycles. The van der Waals surface area contributed by atoms with Crippen LogP contribution in [0.1, 0.15) is 12.5 Å². The third-order valence-corrected chi connectivity index (χ3v) is 4.61. The van der Waals surface area contributed by atoms with Gasteiger partial charge in [-0.1, -0.05) is 41.9 Å². The van der Waals surface area contributed by atoms with Crippen LogP contribution < -0.4 is 15.5 Å². The number of hydrogen-bond acceptors (Lipinski definition) is 7. The number of nitrogens with one attached hydrogen (secondary N) is 2. The first kappa shape index (κ1) is 24.8. The summed E-state index contributed by atoms with van der Waals surface area (Å²) in [5.41, 5.74) is 4.00. The number of hydrogen-bond donors (Lipinski definition) is 2. The smallest absolute Gasteiger partial charge is 0.248 e. The number of carbonyl (C=O) groups excluding carboxylic acids is 1. The summed E-state index contributed by atoms with van der Waals surface area (Å²) in [4.78, 5) is 22.3. The fraction of sp³-hybridized carbons (Fsp3) is 0.167. The van der Waals surface area contributed by atoms with E-state index >= 15 is 0 Å². The molecule has 176 valence electrons. The van der Waals surface area contributed by atoms with Crippen LogP contribution in [0.25, 0.3) is 0 Å². The molecule has 0 aliphatic carbocycles. The molecule has 1 aromatic heterocycles. The van der Waals surface area contributed by atoms with E-state index in [2.05, 4.69) is 25.8 Å². The molecule has 0 saturated heterocycles. The highest BCUT2D eigenvalue weighted by Gasteiger charge is 2.10. The minimum absolute atomic E-state index is 0.0901. The van der Waals surface area contributed by atoms with Crippen LogP contribution in [0.5, 0.6) is 11.6 Å². The van der Waals surface area contributed by atoms with E-state index in [4.69, 9.17) is 16.3 Å². The zero-order valence-corrected chi connectivity index (χ0v) is 19.7. The van der Waals surface area contributed by atoms with Crippen molar-refractivity contribution in [2.24, 2.45) is 5.10 Å². The molecule has 2 N–H and O–H groups in total. The van der Waals surface area contributed by atoms with E-state index < -0.39 is 0 Å². The molecule has 34 heavy (non-hydrogen) atoms. The van der Waals surface area contributed by atoms with Crippen LogP contribution in [0, 0.1) is 5.82 Å². The molecule has 2 aromatic carbocycles. The number of likely N-dealkylation sites (N-methyl/N-ethyl adjacent to an activating group) is 1. The Balaban J connectivity index is 1.69. The van der Waals surface area contributed by atoms with Gasteiger partial charge < -0.3 is 15.0 Å². The molecule has 1 heterocycles. The molecular weight excluding hydrogens is 459 g/mol. The van der Waals surface area contributed by atoms with Gasteiger partial charge in [0.1, 0.15) is 16.6 Å². The van der Waals surface area contributed by atoms with E-state index in [9.17, 15) is 9.18 Å². The SMILES string of the molecule is C/C(=N\Nc1ncc(Cl)c(Oc2cccc(NC(=O)/C=C/CN(C)C)c2)n1)c1ccccc1F.